The average Bonchev–Trinajstić information content (AvgIpc) is 3.30. The molecule has 2 aliphatic rings. The maximum atomic E-state index is 3.77. The van der Waals surface area contributed by atoms with Gasteiger partial charge in [-0.05, 0) is 42.0 Å². The van der Waals surface area contributed by atoms with Crippen molar-refractivity contribution in [3.63, 3.8) is 0 Å². The molecule has 2 heterocycles. The van der Waals surface area contributed by atoms with Gasteiger partial charge >= 0.3 is 0 Å². The number of allylic oxidation sites excluding steroid dienone is 2. The van der Waals surface area contributed by atoms with Gasteiger partial charge in [0.1, 0.15) is 0 Å². The number of nitrogens with zero attached hydrogens (tertiary/aromatic N) is 1. The first-order chi connectivity index (χ1) is 15.2. The van der Waals surface area contributed by atoms with Crippen LogP contribution in [0.3, 0.4) is 0 Å². The number of fused-ring (bicyclic) bond motifs is 8. The zero-order valence-electron chi connectivity index (χ0n) is 17.3. The van der Waals surface area contributed by atoms with Gasteiger partial charge in [0.05, 0.1) is 17.1 Å². The second kappa shape index (κ2) is 5.89. The number of aromatic nitrogens is 1. The minimum Gasteiger partial charge on any atom is -0.377 e. The zero-order valence-corrected chi connectivity index (χ0v) is 17.3. The van der Waals surface area contributed by atoms with E-state index in [-0.39, 0.29) is 11.5 Å². The van der Waals surface area contributed by atoms with Crippen LogP contribution in [0.1, 0.15) is 12.5 Å². The number of benzene rings is 4. The van der Waals surface area contributed by atoms with E-state index in [9.17, 15) is 0 Å². The highest BCUT2D eigenvalue weighted by molar-refractivity contribution is 6.12. The summed E-state index contributed by atoms with van der Waals surface area (Å²) in [5, 5.41) is 8.92. The molecule has 1 aliphatic heterocycles. The summed E-state index contributed by atoms with van der Waals surface area (Å²) in [5.74, 6) is 0. The average molecular weight is 399 g/mol. The predicted molar refractivity (Wildman–Crippen MR) is 131 cm³/mol. The molecular formula is C29H22N2. The van der Waals surface area contributed by atoms with Gasteiger partial charge in [0.25, 0.3) is 0 Å². The normalized spacial score (nSPS) is 21.5. The molecule has 0 saturated carbocycles. The highest BCUT2D eigenvalue weighted by Crippen LogP contribution is 2.49. The van der Waals surface area contributed by atoms with Gasteiger partial charge in [0.2, 0.25) is 0 Å². The topological polar surface area (TPSA) is 17.0 Å². The van der Waals surface area contributed by atoms with Crippen molar-refractivity contribution in [1.82, 2.24) is 4.57 Å². The van der Waals surface area contributed by atoms with Crippen LogP contribution in [0.15, 0.2) is 103 Å². The fraction of sp³-hybridized carbons (Fsp3) is 0.103. The molecule has 0 radical (unpaired) electrons. The van der Waals surface area contributed by atoms with E-state index in [0.29, 0.717) is 0 Å². The molecule has 5 aromatic rings. The molecule has 2 unspecified atom stereocenters. The van der Waals surface area contributed by atoms with Crippen molar-refractivity contribution in [1.29, 1.82) is 0 Å². The molecule has 0 fully saturated rings. The molecule has 0 bridgehead atoms. The molecular weight excluding hydrogens is 376 g/mol. The van der Waals surface area contributed by atoms with Crippen LogP contribution in [0.5, 0.6) is 0 Å². The first kappa shape index (κ1) is 17.0. The van der Waals surface area contributed by atoms with Gasteiger partial charge in [-0.3, -0.25) is 0 Å². The van der Waals surface area contributed by atoms with Crippen LogP contribution in [0, 0.1) is 0 Å². The molecule has 1 aromatic heterocycles. The first-order valence-corrected chi connectivity index (χ1v) is 10.9. The number of anilines is 1. The lowest BCUT2D eigenvalue weighted by Gasteiger charge is -2.29. The summed E-state index contributed by atoms with van der Waals surface area (Å²) in [6, 6.07) is 29.0. The van der Waals surface area contributed by atoms with E-state index in [1.807, 2.05) is 0 Å². The van der Waals surface area contributed by atoms with Crippen LogP contribution in [-0.2, 0) is 5.41 Å². The summed E-state index contributed by atoms with van der Waals surface area (Å²) < 4.78 is 2.47. The van der Waals surface area contributed by atoms with E-state index in [1.165, 1.54) is 49.5 Å². The number of rotatable bonds is 1. The lowest BCUT2D eigenvalue weighted by Crippen LogP contribution is -2.34. The molecule has 1 N–H and O–H groups in total. The number of para-hydroxylation sites is 1. The second-order valence-electron chi connectivity index (χ2n) is 8.92. The third-order valence-electron chi connectivity index (χ3n) is 7.18. The number of nitrogens with one attached hydrogen (secondary N) is 1. The molecule has 0 spiro atoms. The Morgan fingerprint density at radius 3 is 2.58 bits per heavy atom. The monoisotopic (exact) mass is 398 g/mol. The summed E-state index contributed by atoms with van der Waals surface area (Å²) in [4.78, 5) is 0. The first-order valence-electron chi connectivity index (χ1n) is 10.9. The Hall–Kier alpha value is -3.78. The van der Waals surface area contributed by atoms with E-state index in [0.717, 1.165) is 0 Å². The third kappa shape index (κ3) is 2.17. The molecule has 0 saturated heterocycles. The van der Waals surface area contributed by atoms with Crippen molar-refractivity contribution in [3.05, 3.63) is 109 Å². The Morgan fingerprint density at radius 1 is 0.806 bits per heavy atom. The largest absolute Gasteiger partial charge is 0.377 e. The summed E-state index contributed by atoms with van der Waals surface area (Å²) in [6.07, 6.45) is 8.99. The maximum absolute atomic E-state index is 3.77. The van der Waals surface area contributed by atoms with Gasteiger partial charge in [0.15, 0.2) is 0 Å². The maximum Gasteiger partial charge on any atom is 0.0603 e. The summed E-state index contributed by atoms with van der Waals surface area (Å²) >= 11 is 0. The van der Waals surface area contributed by atoms with Crippen LogP contribution in [0.25, 0.3) is 38.3 Å². The highest BCUT2D eigenvalue weighted by Gasteiger charge is 2.43. The standard InChI is InChI=1S/C29H22N2/c1-29-17-7-6-12-26(29)30-24-16-15-23-22-10-4-5-11-25(22)31(28(23)27(24)29)21-14-13-19-8-2-3-9-20(19)18-21/h2-18,26,30H,1H3. The lowest BCUT2D eigenvalue weighted by atomic mass is 9.75. The van der Waals surface area contributed by atoms with Crippen LogP contribution in [0.4, 0.5) is 5.69 Å². The van der Waals surface area contributed by atoms with Crippen LogP contribution < -0.4 is 5.32 Å². The molecule has 2 nitrogen and oxygen atoms in total. The van der Waals surface area contributed by atoms with Gasteiger partial charge in [-0.15, -0.1) is 0 Å². The van der Waals surface area contributed by atoms with E-state index in [2.05, 4.69) is 120 Å². The van der Waals surface area contributed by atoms with E-state index in [4.69, 9.17) is 0 Å². The molecule has 2 atom stereocenters. The van der Waals surface area contributed by atoms with Gasteiger partial charge in [-0.2, -0.15) is 0 Å². The minimum absolute atomic E-state index is 0.0768. The van der Waals surface area contributed by atoms with Crippen molar-refractivity contribution >= 4 is 38.3 Å². The van der Waals surface area contributed by atoms with Crippen molar-refractivity contribution < 1.29 is 0 Å². The van der Waals surface area contributed by atoms with E-state index < -0.39 is 0 Å². The second-order valence-corrected chi connectivity index (χ2v) is 8.92. The number of hydrogen-bond acceptors (Lipinski definition) is 1. The summed E-state index contributed by atoms with van der Waals surface area (Å²) in [5.41, 5.74) is 6.32. The molecule has 7 rings (SSSR count). The smallest absolute Gasteiger partial charge is 0.0603 e. The minimum atomic E-state index is -0.0768. The van der Waals surface area contributed by atoms with E-state index in [1.54, 1.807) is 0 Å². The van der Waals surface area contributed by atoms with Crippen LogP contribution in [-0.4, -0.2) is 10.6 Å². The Balaban J connectivity index is 1.65. The Kier molecular flexibility index (Phi) is 3.22. The van der Waals surface area contributed by atoms with Gasteiger partial charge in [0, 0.05) is 33.1 Å². The lowest BCUT2D eigenvalue weighted by molar-refractivity contribution is 0.581. The predicted octanol–water partition coefficient (Wildman–Crippen LogP) is 7.11. The molecule has 4 aromatic carbocycles. The van der Waals surface area contributed by atoms with Crippen molar-refractivity contribution in [2.75, 3.05) is 5.32 Å². The quantitative estimate of drug-likeness (QED) is 0.318. The molecule has 0 amide bonds. The third-order valence-corrected chi connectivity index (χ3v) is 7.18. The van der Waals surface area contributed by atoms with E-state index >= 15 is 0 Å². The van der Waals surface area contributed by atoms with Gasteiger partial charge < -0.3 is 9.88 Å². The Morgan fingerprint density at radius 2 is 1.65 bits per heavy atom. The fourth-order valence-electron chi connectivity index (χ4n) is 5.65. The van der Waals surface area contributed by atoms with Gasteiger partial charge in [-0.25, -0.2) is 0 Å². The molecule has 31 heavy (non-hydrogen) atoms. The SMILES string of the molecule is CC12C=CC=CC1Nc1ccc3c4ccccc4n(-c4ccc5ccccc5c4)c3c12. The van der Waals surface area contributed by atoms with Crippen molar-refractivity contribution in [2.24, 2.45) is 0 Å². The fourth-order valence-corrected chi connectivity index (χ4v) is 5.65. The highest BCUT2D eigenvalue weighted by atomic mass is 15.0. The zero-order chi connectivity index (χ0) is 20.6. The summed E-state index contributed by atoms with van der Waals surface area (Å²) in [7, 11) is 0. The van der Waals surface area contributed by atoms with Crippen LogP contribution in [0.2, 0.25) is 0 Å². The number of hydrogen-bond donors (Lipinski definition) is 1. The van der Waals surface area contributed by atoms with Crippen LogP contribution >= 0.6 is 0 Å². The molecule has 148 valence electrons. The Labute approximate surface area is 181 Å². The summed E-state index contributed by atoms with van der Waals surface area (Å²) in [6.45, 7) is 2.36. The van der Waals surface area contributed by atoms with Gasteiger partial charge in [-0.1, -0.05) is 78.9 Å². The van der Waals surface area contributed by atoms with Crippen molar-refractivity contribution in [3.8, 4) is 5.69 Å². The Bertz CT molecular complexity index is 1580. The molecule has 2 heteroatoms. The molecule has 1 aliphatic carbocycles. The van der Waals surface area contributed by atoms with Crippen molar-refractivity contribution in [2.45, 2.75) is 18.4 Å².